The van der Waals surface area contributed by atoms with Gasteiger partial charge in [0.15, 0.2) is 0 Å². The molecule has 1 aromatic heterocycles. The van der Waals surface area contributed by atoms with Gasteiger partial charge in [-0.2, -0.15) is 5.10 Å². The van der Waals surface area contributed by atoms with Crippen LogP contribution in [0.1, 0.15) is 51.8 Å². The zero-order valence-electron chi connectivity index (χ0n) is 16.5. The molecule has 0 aliphatic carbocycles. The van der Waals surface area contributed by atoms with Crippen LogP contribution in [0.3, 0.4) is 0 Å². The number of amides is 1. The van der Waals surface area contributed by atoms with Gasteiger partial charge in [-0.3, -0.25) is 4.79 Å². The average Bonchev–Trinajstić information content (AvgIpc) is 3.05. The highest BCUT2D eigenvalue weighted by molar-refractivity contribution is 5.77. The maximum absolute atomic E-state index is 13.7. The predicted octanol–water partition coefficient (Wildman–Crippen LogP) is 3.06. The number of ether oxygens (including phenoxy) is 1. The molecule has 8 heteroatoms. The van der Waals surface area contributed by atoms with Gasteiger partial charge in [0.05, 0.1) is 5.69 Å². The number of alkyl halides is 2. The van der Waals surface area contributed by atoms with Crippen LogP contribution in [0.4, 0.5) is 14.6 Å². The van der Waals surface area contributed by atoms with E-state index in [2.05, 4.69) is 10.4 Å². The van der Waals surface area contributed by atoms with Crippen molar-refractivity contribution < 1.29 is 18.3 Å². The lowest BCUT2D eigenvalue weighted by Gasteiger charge is -2.40. The number of fused-ring (bicyclic) bond motifs is 1. The molecule has 3 rings (SSSR count). The van der Waals surface area contributed by atoms with Crippen molar-refractivity contribution in [3.63, 3.8) is 0 Å². The number of aromatic nitrogens is 2. The standard InChI is InChI=1S/C19H30F2N4O2/c1-19(2,3)15-10-16-22-13(9-14(18(20)21)25(16)23-15)12-5-7-24(8-6-12)17(26)11-27-4/h10,12-14,18,22H,5-9,11H2,1-4H3/t13-,14+/m0/s1. The molecule has 0 spiro atoms. The minimum absolute atomic E-state index is 0.00842. The number of rotatable bonds is 4. The van der Waals surface area contributed by atoms with Crippen LogP contribution < -0.4 is 5.32 Å². The first-order chi connectivity index (χ1) is 12.7. The largest absolute Gasteiger partial charge is 0.375 e. The minimum Gasteiger partial charge on any atom is -0.375 e. The maximum Gasteiger partial charge on any atom is 0.260 e. The van der Waals surface area contributed by atoms with E-state index >= 15 is 0 Å². The molecule has 0 bridgehead atoms. The Balaban J connectivity index is 1.72. The fourth-order valence-electron chi connectivity index (χ4n) is 4.02. The molecule has 0 radical (unpaired) electrons. The molecule has 6 nitrogen and oxygen atoms in total. The fourth-order valence-corrected chi connectivity index (χ4v) is 4.02. The molecule has 2 aliphatic heterocycles. The average molecular weight is 384 g/mol. The smallest absolute Gasteiger partial charge is 0.260 e. The summed E-state index contributed by atoms with van der Waals surface area (Å²) in [5.74, 6) is 0.935. The summed E-state index contributed by atoms with van der Waals surface area (Å²) < 4.78 is 33.9. The molecule has 1 saturated heterocycles. The van der Waals surface area contributed by atoms with Crippen LogP contribution in [0.2, 0.25) is 0 Å². The van der Waals surface area contributed by atoms with Gasteiger partial charge >= 0.3 is 0 Å². The second-order valence-electron chi connectivity index (χ2n) is 8.65. The Kier molecular flexibility index (Phi) is 5.74. The SMILES string of the molecule is COCC(=O)N1CCC([C@@H]2C[C@H](C(F)F)n3nc(C(C)(C)C)cc3N2)CC1. The highest BCUT2D eigenvalue weighted by Gasteiger charge is 2.39. The highest BCUT2D eigenvalue weighted by atomic mass is 19.3. The van der Waals surface area contributed by atoms with Crippen molar-refractivity contribution in [1.29, 1.82) is 0 Å². The minimum atomic E-state index is -2.45. The summed E-state index contributed by atoms with van der Waals surface area (Å²) in [6, 6.07) is 0.967. The highest BCUT2D eigenvalue weighted by Crippen LogP contribution is 2.38. The summed E-state index contributed by atoms with van der Waals surface area (Å²) >= 11 is 0. The lowest BCUT2D eigenvalue weighted by Crippen LogP contribution is -2.46. The maximum atomic E-state index is 13.7. The predicted molar refractivity (Wildman–Crippen MR) is 99.2 cm³/mol. The summed E-state index contributed by atoms with van der Waals surface area (Å²) in [4.78, 5) is 13.8. The topological polar surface area (TPSA) is 59.4 Å². The second-order valence-corrected chi connectivity index (χ2v) is 8.65. The van der Waals surface area contributed by atoms with Gasteiger partial charge in [-0.25, -0.2) is 13.5 Å². The zero-order chi connectivity index (χ0) is 19.8. The van der Waals surface area contributed by atoms with Gasteiger partial charge < -0.3 is 15.0 Å². The Morgan fingerprint density at radius 1 is 1.37 bits per heavy atom. The summed E-state index contributed by atoms with van der Waals surface area (Å²) in [7, 11) is 1.51. The molecular formula is C19H30F2N4O2. The van der Waals surface area contributed by atoms with Gasteiger partial charge in [0.2, 0.25) is 5.91 Å². The van der Waals surface area contributed by atoms with Crippen molar-refractivity contribution >= 4 is 11.7 Å². The van der Waals surface area contributed by atoms with E-state index in [-0.39, 0.29) is 29.9 Å². The van der Waals surface area contributed by atoms with E-state index in [1.807, 2.05) is 26.8 Å². The molecule has 3 heterocycles. The molecule has 0 unspecified atom stereocenters. The number of piperidine rings is 1. The fraction of sp³-hybridized carbons (Fsp3) is 0.789. The summed E-state index contributed by atoms with van der Waals surface area (Å²) in [5, 5.41) is 7.92. The number of hydrogen-bond donors (Lipinski definition) is 1. The molecule has 152 valence electrons. The van der Waals surface area contributed by atoms with E-state index in [9.17, 15) is 13.6 Å². The van der Waals surface area contributed by atoms with E-state index in [0.29, 0.717) is 25.3 Å². The lowest BCUT2D eigenvalue weighted by atomic mass is 9.85. The Morgan fingerprint density at radius 3 is 2.59 bits per heavy atom. The van der Waals surface area contributed by atoms with Gasteiger partial charge in [0.1, 0.15) is 18.5 Å². The third kappa shape index (κ3) is 4.25. The molecule has 2 aliphatic rings. The normalized spacial score (nSPS) is 24.0. The van der Waals surface area contributed by atoms with Crippen molar-refractivity contribution in [1.82, 2.24) is 14.7 Å². The molecule has 1 amide bonds. The van der Waals surface area contributed by atoms with Crippen molar-refractivity contribution in [2.24, 2.45) is 5.92 Å². The number of anilines is 1. The van der Waals surface area contributed by atoms with Gasteiger partial charge in [0.25, 0.3) is 6.43 Å². The number of likely N-dealkylation sites (tertiary alicyclic amines) is 1. The van der Waals surface area contributed by atoms with Crippen molar-refractivity contribution in [3.8, 4) is 0 Å². The first-order valence-electron chi connectivity index (χ1n) is 9.62. The quantitative estimate of drug-likeness (QED) is 0.867. The number of methoxy groups -OCH3 is 1. The van der Waals surface area contributed by atoms with Crippen LogP contribution in [-0.2, 0) is 14.9 Å². The molecule has 0 aromatic carbocycles. The van der Waals surface area contributed by atoms with Crippen LogP contribution in [0.25, 0.3) is 0 Å². The van der Waals surface area contributed by atoms with Gasteiger partial charge in [-0.05, 0) is 25.2 Å². The summed E-state index contributed by atoms with van der Waals surface area (Å²) in [6.45, 7) is 7.48. The lowest BCUT2D eigenvalue weighted by molar-refractivity contribution is -0.136. The van der Waals surface area contributed by atoms with Crippen molar-refractivity contribution in [2.45, 2.75) is 64.0 Å². The van der Waals surface area contributed by atoms with E-state index < -0.39 is 12.5 Å². The monoisotopic (exact) mass is 384 g/mol. The Bertz CT molecular complexity index is 663. The van der Waals surface area contributed by atoms with Crippen LogP contribution in [0.15, 0.2) is 6.07 Å². The number of nitrogens with one attached hydrogen (secondary N) is 1. The van der Waals surface area contributed by atoms with Gasteiger partial charge in [0, 0.05) is 37.7 Å². The number of carbonyl (C=O) groups is 1. The first-order valence-corrected chi connectivity index (χ1v) is 9.62. The van der Waals surface area contributed by atoms with Gasteiger partial charge in [-0.15, -0.1) is 0 Å². The third-order valence-corrected chi connectivity index (χ3v) is 5.67. The Hall–Kier alpha value is -1.70. The third-order valence-electron chi connectivity index (χ3n) is 5.67. The van der Waals surface area contributed by atoms with E-state index in [4.69, 9.17) is 4.74 Å². The van der Waals surface area contributed by atoms with Crippen LogP contribution in [0, 0.1) is 5.92 Å². The number of hydrogen-bond acceptors (Lipinski definition) is 4. The summed E-state index contributed by atoms with van der Waals surface area (Å²) in [6.07, 6.45) is -0.483. The molecule has 1 N–H and O–H groups in total. The first kappa shape index (κ1) is 20.0. The molecule has 1 fully saturated rings. The van der Waals surface area contributed by atoms with Crippen LogP contribution >= 0.6 is 0 Å². The van der Waals surface area contributed by atoms with Crippen LogP contribution in [0.5, 0.6) is 0 Å². The Morgan fingerprint density at radius 2 is 2.04 bits per heavy atom. The molecule has 0 saturated carbocycles. The number of carbonyl (C=O) groups excluding carboxylic acids is 1. The van der Waals surface area contributed by atoms with E-state index in [1.165, 1.54) is 11.8 Å². The second kappa shape index (κ2) is 7.73. The molecular weight excluding hydrogens is 354 g/mol. The summed E-state index contributed by atoms with van der Waals surface area (Å²) in [5.41, 5.74) is 0.623. The zero-order valence-corrected chi connectivity index (χ0v) is 16.5. The molecule has 1 aromatic rings. The number of halogens is 2. The van der Waals surface area contributed by atoms with E-state index in [1.54, 1.807) is 4.90 Å². The van der Waals surface area contributed by atoms with Crippen molar-refractivity contribution in [3.05, 3.63) is 11.8 Å². The number of nitrogens with zero attached hydrogens (tertiary/aromatic N) is 3. The van der Waals surface area contributed by atoms with E-state index in [0.717, 1.165) is 18.5 Å². The van der Waals surface area contributed by atoms with Crippen molar-refractivity contribution in [2.75, 3.05) is 32.1 Å². The Labute approximate surface area is 159 Å². The van der Waals surface area contributed by atoms with Gasteiger partial charge in [-0.1, -0.05) is 20.8 Å². The van der Waals surface area contributed by atoms with Crippen LogP contribution in [-0.4, -0.2) is 59.9 Å². The molecule has 2 atom stereocenters. The molecule has 27 heavy (non-hydrogen) atoms.